The molecule has 0 amide bonds. The van der Waals surface area contributed by atoms with Crippen molar-refractivity contribution < 1.29 is 9.90 Å². The summed E-state index contributed by atoms with van der Waals surface area (Å²) in [5.41, 5.74) is 8.79. The Labute approximate surface area is 216 Å². The summed E-state index contributed by atoms with van der Waals surface area (Å²) in [6, 6.07) is 12.4. The molecule has 2 fully saturated rings. The van der Waals surface area contributed by atoms with Gasteiger partial charge in [-0.2, -0.15) is 0 Å². The normalized spacial score (nSPS) is 17.2. The summed E-state index contributed by atoms with van der Waals surface area (Å²) in [5.74, 6) is 0.653. The van der Waals surface area contributed by atoms with Crippen molar-refractivity contribution >= 4 is 29.1 Å². The Hall–Kier alpha value is -3.76. The monoisotopic (exact) mass is 502 g/mol. The fourth-order valence-electron chi connectivity index (χ4n) is 4.86. The molecule has 1 aliphatic carbocycles. The van der Waals surface area contributed by atoms with Crippen LogP contribution < -0.4 is 21.7 Å². The van der Waals surface area contributed by atoms with Crippen LogP contribution in [0.1, 0.15) is 32.1 Å². The minimum atomic E-state index is -0.671. The highest BCUT2D eigenvalue weighted by molar-refractivity contribution is 5.82. The number of aromatic nitrogens is 3. The molecule has 0 unspecified atom stereocenters. The molecule has 2 aromatic heterocycles. The Bertz CT molecular complexity index is 1210. The van der Waals surface area contributed by atoms with E-state index in [1.54, 1.807) is 18.6 Å². The summed E-state index contributed by atoms with van der Waals surface area (Å²) in [6.07, 6.45) is 9.64. The zero-order chi connectivity index (χ0) is 25.7. The number of hydrogen-bond acceptors (Lipinski definition) is 9. The molecule has 37 heavy (non-hydrogen) atoms. The Morgan fingerprint density at radius 1 is 1.05 bits per heavy atom. The maximum atomic E-state index is 11.6. The number of nitrogens with zero attached hydrogens (tertiary/aromatic N) is 4. The summed E-state index contributed by atoms with van der Waals surface area (Å²) < 4.78 is 0. The smallest absolute Gasteiger partial charge is 0.324 e. The summed E-state index contributed by atoms with van der Waals surface area (Å²) in [4.78, 5) is 27.0. The van der Waals surface area contributed by atoms with Gasteiger partial charge in [0.25, 0.3) is 0 Å². The maximum Gasteiger partial charge on any atom is 0.324 e. The number of pyridine rings is 1. The number of hydrogen-bond donors (Lipinski definition) is 5. The van der Waals surface area contributed by atoms with E-state index in [4.69, 9.17) is 5.73 Å². The van der Waals surface area contributed by atoms with Gasteiger partial charge in [-0.15, -0.1) is 0 Å². The van der Waals surface area contributed by atoms with Gasteiger partial charge < -0.3 is 26.8 Å². The Morgan fingerprint density at radius 2 is 1.81 bits per heavy atom. The van der Waals surface area contributed by atoms with E-state index in [0.29, 0.717) is 18.5 Å². The molecule has 1 aromatic carbocycles. The van der Waals surface area contributed by atoms with Gasteiger partial charge in [0.1, 0.15) is 11.4 Å². The molecule has 3 aromatic rings. The molecule has 10 heteroatoms. The first-order chi connectivity index (χ1) is 18.1. The molecule has 0 spiro atoms. The number of benzene rings is 1. The first-order valence-corrected chi connectivity index (χ1v) is 12.9. The van der Waals surface area contributed by atoms with Gasteiger partial charge in [-0.1, -0.05) is 6.07 Å². The summed E-state index contributed by atoms with van der Waals surface area (Å²) in [5, 5.41) is 19.7. The lowest BCUT2D eigenvalue weighted by Gasteiger charge is -2.36. The Balaban J connectivity index is 1.18. The Morgan fingerprint density at radius 3 is 2.51 bits per heavy atom. The van der Waals surface area contributed by atoms with E-state index in [-0.39, 0.29) is 0 Å². The van der Waals surface area contributed by atoms with Gasteiger partial charge in [-0.25, -0.2) is 15.0 Å². The summed E-state index contributed by atoms with van der Waals surface area (Å²) in [7, 11) is 0. The largest absolute Gasteiger partial charge is 0.480 e. The van der Waals surface area contributed by atoms with E-state index in [1.165, 1.54) is 0 Å². The number of anilines is 4. The number of piperidine rings is 1. The fourth-order valence-corrected chi connectivity index (χ4v) is 4.86. The zero-order valence-corrected chi connectivity index (χ0v) is 20.9. The number of nitrogens with two attached hydrogens (primary N) is 1. The van der Waals surface area contributed by atoms with Crippen molar-refractivity contribution in [3.63, 3.8) is 0 Å². The lowest BCUT2D eigenvalue weighted by Crippen LogP contribution is -2.49. The number of rotatable bonds is 11. The number of likely N-dealkylation sites (tertiary alicyclic amines) is 1. The van der Waals surface area contributed by atoms with Crippen LogP contribution in [0, 0.1) is 0 Å². The van der Waals surface area contributed by atoms with Gasteiger partial charge in [-0.3, -0.25) is 9.69 Å². The summed E-state index contributed by atoms with van der Waals surface area (Å²) >= 11 is 0. The minimum Gasteiger partial charge on any atom is -0.480 e. The number of aliphatic carboxylic acids is 1. The van der Waals surface area contributed by atoms with Crippen LogP contribution >= 0.6 is 0 Å². The standard InChI is InChI=1S/C27H34N8O2/c28-10-2-11-30-26-31-17-20(18-32-26)19-5-12-29-24(15-19)34-23-4-1-3-22(16-23)33-21-6-13-35(14-7-21)27(8-9-27)25(36)37/h1,3-5,12,15-18,21,33H,2,6-11,13-14,28H2,(H,29,34)(H,36,37)(H,30,31,32). The van der Waals surface area contributed by atoms with Gasteiger partial charge in [0.05, 0.1) is 0 Å². The Kier molecular flexibility index (Phi) is 7.47. The molecule has 1 aliphatic heterocycles. The molecule has 6 N–H and O–H groups in total. The summed E-state index contributed by atoms with van der Waals surface area (Å²) in [6.45, 7) is 3.00. The third-order valence-electron chi connectivity index (χ3n) is 7.14. The average molecular weight is 503 g/mol. The van der Waals surface area contributed by atoms with Crippen molar-refractivity contribution in [2.45, 2.75) is 43.7 Å². The molecule has 3 heterocycles. The molecule has 2 aliphatic rings. The molecule has 10 nitrogen and oxygen atoms in total. The predicted molar refractivity (Wildman–Crippen MR) is 145 cm³/mol. The first-order valence-electron chi connectivity index (χ1n) is 12.9. The zero-order valence-electron chi connectivity index (χ0n) is 20.9. The van der Waals surface area contributed by atoms with E-state index < -0.39 is 11.5 Å². The van der Waals surface area contributed by atoms with Crippen LogP contribution in [0.2, 0.25) is 0 Å². The minimum absolute atomic E-state index is 0.324. The number of nitrogens with one attached hydrogen (secondary N) is 3. The molecule has 0 bridgehead atoms. The molecule has 0 radical (unpaired) electrons. The van der Waals surface area contributed by atoms with Gasteiger partial charge in [0, 0.05) is 61.2 Å². The van der Waals surface area contributed by atoms with Gasteiger partial charge >= 0.3 is 5.97 Å². The lowest BCUT2D eigenvalue weighted by molar-refractivity contribution is -0.145. The highest BCUT2D eigenvalue weighted by Gasteiger charge is 2.55. The molecule has 194 valence electrons. The number of carbonyl (C=O) groups is 1. The van der Waals surface area contributed by atoms with Gasteiger partial charge in [-0.05, 0) is 74.5 Å². The van der Waals surface area contributed by atoms with E-state index in [0.717, 1.165) is 80.1 Å². The molecular formula is C27H34N8O2. The lowest BCUT2D eigenvalue weighted by atomic mass is 10.0. The van der Waals surface area contributed by atoms with Crippen molar-refractivity contribution in [1.82, 2.24) is 19.9 Å². The van der Waals surface area contributed by atoms with Crippen molar-refractivity contribution in [1.29, 1.82) is 0 Å². The van der Waals surface area contributed by atoms with E-state index in [1.807, 2.05) is 24.3 Å². The third-order valence-corrected chi connectivity index (χ3v) is 7.14. The number of carboxylic acids is 1. The van der Waals surface area contributed by atoms with Crippen LogP contribution in [-0.4, -0.2) is 68.7 Å². The van der Waals surface area contributed by atoms with Crippen molar-refractivity contribution in [3.8, 4) is 11.1 Å². The van der Waals surface area contributed by atoms with E-state index >= 15 is 0 Å². The molecule has 1 saturated carbocycles. The highest BCUT2D eigenvalue weighted by atomic mass is 16.4. The van der Waals surface area contributed by atoms with E-state index in [2.05, 4.69) is 47.9 Å². The van der Waals surface area contributed by atoms with Crippen LogP contribution in [-0.2, 0) is 4.79 Å². The molecular weight excluding hydrogens is 468 g/mol. The van der Waals surface area contributed by atoms with E-state index in [9.17, 15) is 9.90 Å². The average Bonchev–Trinajstić information content (AvgIpc) is 3.73. The first kappa shape index (κ1) is 24.9. The molecule has 0 atom stereocenters. The van der Waals surface area contributed by atoms with Crippen LogP contribution in [0.25, 0.3) is 11.1 Å². The van der Waals surface area contributed by atoms with Crippen LogP contribution in [0.15, 0.2) is 55.0 Å². The predicted octanol–water partition coefficient (Wildman–Crippen LogP) is 3.54. The SMILES string of the molecule is NCCCNc1ncc(-c2ccnc(Nc3cccc(NC4CCN(C5(C(=O)O)CC5)CC4)c3)c2)cn1. The molecule has 1 saturated heterocycles. The maximum absolute atomic E-state index is 11.6. The van der Waals surface area contributed by atoms with Gasteiger partial charge in [0.15, 0.2) is 0 Å². The van der Waals surface area contributed by atoms with Crippen LogP contribution in [0.5, 0.6) is 0 Å². The van der Waals surface area contributed by atoms with Crippen molar-refractivity contribution in [2.24, 2.45) is 5.73 Å². The van der Waals surface area contributed by atoms with Crippen LogP contribution in [0.3, 0.4) is 0 Å². The van der Waals surface area contributed by atoms with Crippen molar-refractivity contribution in [3.05, 3.63) is 55.0 Å². The topological polar surface area (TPSA) is 141 Å². The third kappa shape index (κ3) is 5.98. The second kappa shape index (κ2) is 11.1. The second-order valence-corrected chi connectivity index (χ2v) is 9.74. The van der Waals surface area contributed by atoms with Gasteiger partial charge in [0.2, 0.25) is 5.95 Å². The fraction of sp³-hybridized carbons (Fsp3) is 0.407. The van der Waals surface area contributed by atoms with Crippen molar-refractivity contribution in [2.75, 3.05) is 42.1 Å². The highest BCUT2D eigenvalue weighted by Crippen LogP contribution is 2.43. The second-order valence-electron chi connectivity index (χ2n) is 9.74. The van der Waals surface area contributed by atoms with Crippen LogP contribution in [0.4, 0.5) is 23.1 Å². The quantitative estimate of drug-likeness (QED) is 0.247. The number of carboxylic acid groups (broad SMARTS) is 1. The molecule has 5 rings (SSSR count).